The number of aliphatic hydroxyl groups is 1. The molecule has 0 aromatic carbocycles. The van der Waals surface area contributed by atoms with Crippen LogP contribution in [-0.2, 0) is 72.9 Å². The Morgan fingerprint density at radius 2 is 0.488 bits per heavy atom. The Balaban J connectivity index is -0.0000000374. The fraction of sp³-hybridized carbons (Fsp3) is 1.00. The molecule has 276 valence electrons. The van der Waals surface area contributed by atoms with E-state index in [2.05, 4.69) is 0 Å². The average molecular weight is 961 g/mol. The molecule has 0 heterocycles. The monoisotopic (exact) mass is 962 g/mol. The van der Waals surface area contributed by atoms with Crippen molar-refractivity contribution < 1.29 is 87.6 Å². The minimum absolute atomic E-state index is 0. The normalized spacial score (nSPS) is 10.2. The molecular weight excluding hydrogens is 901 g/mol. The van der Waals surface area contributed by atoms with Crippen molar-refractivity contribution in [2.75, 3.05) is 0 Å². The van der Waals surface area contributed by atoms with Gasteiger partial charge in [0.05, 0.1) is 5.60 Å². The molecule has 0 saturated carbocycles. The Labute approximate surface area is 323 Å². The first-order chi connectivity index (χ1) is 16.5. The van der Waals surface area contributed by atoms with E-state index in [-0.39, 0.29) is 111 Å². The summed E-state index contributed by atoms with van der Waals surface area (Å²) < 4.78 is 48.4. The molecule has 0 radical (unpaired) electrons. The van der Waals surface area contributed by atoms with Crippen molar-refractivity contribution in [1.29, 1.82) is 0 Å². The SMILES string of the molecule is CC(C)(C)O.CC(C)O[Si](O)(OC(C)C)OC(C)C.CC(C)O[Si](O)(OC(C)C)OC(C)C.Cl.Cl.Cl.Cl.Cl.Cl.[O]=[Mo].[O]=[Mo]. The molecule has 0 amide bonds. The predicted molar refractivity (Wildman–Crippen MR) is 180 cm³/mol. The zero-order chi connectivity index (χ0) is 31.2. The van der Waals surface area contributed by atoms with Crippen LogP contribution in [0.5, 0.6) is 0 Å². The van der Waals surface area contributed by atoms with E-state index < -0.39 is 23.7 Å². The fourth-order valence-electron chi connectivity index (χ4n) is 1.95. The van der Waals surface area contributed by atoms with Crippen molar-refractivity contribution in [3.63, 3.8) is 0 Å². The van der Waals surface area contributed by atoms with Gasteiger partial charge in [0.15, 0.2) is 0 Å². The summed E-state index contributed by atoms with van der Waals surface area (Å²) in [6.07, 6.45) is -0.644. The van der Waals surface area contributed by atoms with Gasteiger partial charge in [-0.2, -0.15) is 0 Å². The van der Waals surface area contributed by atoms with Crippen molar-refractivity contribution in [1.82, 2.24) is 0 Å². The van der Waals surface area contributed by atoms with Crippen LogP contribution in [-0.4, -0.2) is 75.0 Å². The maximum absolute atomic E-state index is 9.99. The van der Waals surface area contributed by atoms with E-state index in [1.165, 1.54) is 0 Å². The Kier molecular flexibility index (Phi) is 75.6. The van der Waals surface area contributed by atoms with E-state index >= 15 is 0 Å². The third kappa shape index (κ3) is 76.3. The zero-order valence-corrected chi connectivity index (χ0v) is 38.8. The summed E-state index contributed by atoms with van der Waals surface area (Å²) in [5.41, 5.74) is -0.500. The molecule has 11 nitrogen and oxygen atoms in total. The predicted octanol–water partition coefficient (Wildman–Crippen LogP) is 6.44. The maximum atomic E-state index is 9.99. The summed E-state index contributed by atoms with van der Waals surface area (Å²) in [6, 6.07) is 0. The second kappa shape index (κ2) is 42.8. The molecule has 0 aliphatic rings. The molecule has 0 aromatic heterocycles. The first-order valence-corrected chi connectivity index (χ1v) is 17.1. The van der Waals surface area contributed by atoms with Crippen molar-refractivity contribution in [3.8, 4) is 0 Å². The van der Waals surface area contributed by atoms with Gasteiger partial charge in [-0.25, -0.2) is 0 Å². The molecule has 0 unspecified atom stereocenters. The quantitative estimate of drug-likeness (QED) is 0.186. The van der Waals surface area contributed by atoms with Gasteiger partial charge in [-0.05, 0) is 104 Å². The summed E-state index contributed by atoms with van der Waals surface area (Å²) in [5.74, 6) is 0. The van der Waals surface area contributed by atoms with Crippen LogP contribution in [0, 0.1) is 0 Å². The minimum atomic E-state index is -3.44. The van der Waals surface area contributed by atoms with Gasteiger partial charge in [0.2, 0.25) is 0 Å². The van der Waals surface area contributed by atoms with Crippen LogP contribution in [0.4, 0.5) is 0 Å². The summed E-state index contributed by atoms with van der Waals surface area (Å²) in [6.45, 7) is 27.3. The van der Waals surface area contributed by atoms with Crippen molar-refractivity contribution in [2.24, 2.45) is 0 Å². The summed E-state index contributed by atoms with van der Waals surface area (Å²) in [4.78, 5) is 20.0. The van der Waals surface area contributed by atoms with Gasteiger partial charge in [0.25, 0.3) is 0 Å². The Morgan fingerprint density at radius 3 is 0.535 bits per heavy atom. The molecule has 0 aromatic rings. The number of hydrogen-bond donors (Lipinski definition) is 3. The van der Waals surface area contributed by atoms with E-state index in [1.807, 2.05) is 83.1 Å². The zero-order valence-electron chi connectivity index (χ0n) is 27.8. The van der Waals surface area contributed by atoms with Crippen LogP contribution in [0.3, 0.4) is 0 Å². The van der Waals surface area contributed by atoms with Crippen molar-refractivity contribution in [2.45, 2.75) is 146 Å². The van der Waals surface area contributed by atoms with E-state index in [0.29, 0.717) is 39.6 Å². The van der Waals surface area contributed by atoms with Gasteiger partial charge in [0, 0.05) is 36.6 Å². The molecule has 0 fully saturated rings. The van der Waals surface area contributed by atoms with Gasteiger partial charge < -0.3 is 41.3 Å². The average Bonchev–Trinajstić information content (AvgIpc) is 2.59. The van der Waals surface area contributed by atoms with Crippen LogP contribution in [0.1, 0.15) is 104 Å². The third-order valence-electron chi connectivity index (χ3n) is 2.31. The molecule has 0 aliphatic heterocycles. The molecule has 0 spiro atoms. The Hall–Kier alpha value is 2.79. The van der Waals surface area contributed by atoms with E-state index in [9.17, 15) is 9.59 Å². The summed E-state index contributed by atoms with van der Waals surface area (Å²) in [5, 5.41) is 8.52. The number of rotatable bonds is 12. The third-order valence-corrected chi connectivity index (χ3v) is 6.92. The van der Waals surface area contributed by atoms with Crippen LogP contribution in [0.25, 0.3) is 0 Å². The summed E-state index contributed by atoms with van der Waals surface area (Å²) in [7, 11) is -6.88. The topological polar surface area (TPSA) is 150 Å². The molecule has 3 N–H and O–H groups in total. The van der Waals surface area contributed by atoms with Crippen LogP contribution in [0.2, 0.25) is 0 Å². The Bertz CT molecular complexity index is 436. The Morgan fingerprint density at radius 1 is 0.419 bits per heavy atom. The second-order valence-corrected chi connectivity index (χ2v) is 13.7. The number of hydrogen-bond acceptors (Lipinski definition) is 11. The molecule has 21 heteroatoms. The fourth-order valence-corrected chi connectivity index (χ4v) is 5.86. The van der Waals surface area contributed by atoms with Crippen LogP contribution < -0.4 is 0 Å². The van der Waals surface area contributed by atoms with E-state index in [1.54, 1.807) is 20.8 Å². The molecular formula is C22H60Cl6Mo2O11Si2. The number of halogens is 6. The molecule has 0 saturated heterocycles. The van der Waals surface area contributed by atoms with Gasteiger partial charge in [-0.3, -0.25) is 0 Å². The van der Waals surface area contributed by atoms with Crippen molar-refractivity contribution >= 4 is 92.5 Å². The van der Waals surface area contributed by atoms with Gasteiger partial charge >= 0.3 is 64.4 Å². The first kappa shape index (κ1) is 75.9. The van der Waals surface area contributed by atoms with Crippen LogP contribution in [0.15, 0.2) is 0 Å². The molecule has 0 rings (SSSR count). The second-order valence-electron chi connectivity index (χ2n) is 10.2. The van der Waals surface area contributed by atoms with Crippen LogP contribution >= 0.6 is 74.4 Å². The van der Waals surface area contributed by atoms with E-state index in [4.69, 9.17) is 38.5 Å². The first-order valence-electron chi connectivity index (χ1n) is 12.1. The molecule has 0 atom stereocenters. The van der Waals surface area contributed by atoms with Gasteiger partial charge in [-0.15, -0.1) is 74.4 Å². The van der Waals surface area contributed by atoms with Gasteiger partial charge in [0.1, 0.15) is 0 Å². The molecule has 0 aliphatic carbocycles. The molecule has 0 bridgehead atoms. The summed E-state index contributed by atoms with van der Waals surface area (Å²) >= 11 is 1.40. The molecule has 43 heavy (non-hydrogen) atoms. The van der Waals surface area contributed by atoms with E-state index in [0.717, 1.165) is 0 Å². The van der Waals surface area contributed by atoms with Gasteiger partial charge in [-0.1, -0.05) is 0 Å². The van der Waals surface area contributed by atoms with Crippen molar-refractivity contribution in [3.05, 3.63) is 0 Å². The standard InChI is InChI=1S/2C9H22O4Si.C4H10O.6ClH.2Mo.2O/c2*1-7(2)11-14(10,12-8(3)4)13-9(5)6;1-4(2,3)5;;;;;;;;;;/h2*7-10H,1-6H3;5H,1-3H3;6*1H;;;;.